The van der Waals surface area contributed by atoms with Crippen LogP contribution >= 0.6 is 0 Å². The zero-order valence-electron chi connectivity index (χ0n) is 7.89. The predicted octanol–water partition coefficient (Wildman–Crippen LogP) is 1.85. The van der Waals surface area contributed by atoms with Crippen LogP contribution in [-0.2, 0) is 0 Å². The first-order chi connectivity index (χ1) is 7.59. The van der Waals surface area contributed by atoms with Crippen molar-refractivity contribution in [2.75, 3.05) is 0 Å². The number of hydrogen-bond donors (Lipinski definition) is 1. The van der Waals surface area contributed by atoms with Gasteiger partial charge < -0.3 is 5.11 Å². The van der Waals surface area contributed by atoms with Gasteiger partial charge in [-0.25, -0.2) is 13.9 Å². The number of carboxylic acid groups (broad SMARTS) is 1. The number of aromatic nitrogens is 2. The molecule has 0 spiro atoms. The molecule has 0 saturated carbocycles. The summed E-state index contributed by atoms with van der Waals surface area (Å²) in [5.41, 5.74) is -0.268. The molecule has 0 unspecified atom stereocenters. The summed E-state index contributed by atoms with van der Waals surface area (Å²) in [6, 6.07) is 4.88. The van der Waals surface area contributed by atoms with E-state index in [1.165, 1.54) is 12.1 Å². The average molecular weight is 224 g/mol. The molecule has 1 aromatic heterocycles. The monoisotopic (exact) mass is 224 g/mol. The van der Waals surface area contributed by atoms with Crippen LogP contribution in [0.4, 0.5) is 8.78 Å². The Kier molecular flexibility index (Phi) is 2.40. The molecule has 2 rings (SSSR count). The maximum absolute atomic E-state index is 13.5. The molecule has 0 aliphatic heterocycles. The van der Waals surface area contributed by atoms with Gasteiger partial charge in [-0.2, -0.15) is 9.49 Å². The molecule has 82 valence electrons. The standard InChI is InChI=1S/C10H6F2N2O2/c11-6-1-3-7(4-2-6)14-9(12)8(5-13-14)10(15)16/h1-5H,(H,15,16). The minimum atomic E-state index is -1.40. The maximum Gasteiger partial charge on any atom is 0.342 e. The molecule has 16 heavy (non-hydrogen) atoms. The van der Waals surface area contributed by atoms with Crippen LogP contribution in [0.3, 0.4) is 0 Å². The maximum atomic E-state index is 13.5. The first-order valence-electron chi connectivity index (χ1n) is 4.32. The molecule has 0 bridgehead atoms. The fourth-order valence-electron chi connectivity index (χ4n) is 1.24. The number of benzene rings is 1. The molecular formula is C10H6F2N2O2. The van der Waals surface area contributed by atoms with E-state index in [-0.39, 0.29) is 5.69 Å². The molecule has 0 aliphatic rings. The quantitative estimate of drug-likeness (QED) is 0.846. The van der Waals surface area contributed by atoms with Crippen LogP contribution in [0.2, 0.25) is 0 Å². The summed E-state index contributed by atoms with van der Waals surface area (Å²) in [6.07, 6.45) is 0.904. The van der Waals surface area contributed by atoms with Gasteiger partial charge in [0.05, 0.1) is 11.9 Å². The molecular weight excluding hydrogens is 218 g/mol. The Morgan fingerprint density at radius 1 is 1.25 bits per heavy atom. The Bertz CT molecular complexity index is 534. The van der Waals surface area contributed by atoms with E-state index in [2.05, 4.69) is 5.10 Å². The topological polar surface area (TPSA) is 55.1 Å². The van der Waals surface area contributed by atoms with Crippen LogP contribution in [0, 0.1) is 11.8 Å². The lowest BCUT2D eigenvalue weighted by molar-refractivity contribution is 0.0691. The highest BCUT2D eigenvalue weighted by Crippen LogP contribution is 2.13. The molecule has 2 aromatic rings. The van der Waals surface area contributed by atoms with Gasteiger partial charge in [0.25, 0.3) is 0 Å². The number of carbonyl (C=O) groups is 1. The number of halogens is 2. The largest absolute Gasteiger partial charge is 0.477 e. The van der Waals surface area contributed by atoms with Gasteiger partial charge in [-0.05, 0) is 24.3 Å². The van der Waals surface area contributed by atoms with Crippen molar-refractivity contribution in [3.05, 3.63) is 47.8 Å². The fraction of sp³-hybridized carbons (Fsp3) is 0. The molecule has 4 nitrogen and oxygen atoms in total. The van der Waals surface area contributed by atoms with Crippen molar-refractivity contribution in [2.45, 2.75) is 0 Å². The highest BCUT2D eigenvalue weighted by Gasteiger charge is 2.17. The van der Waals surface area contributed by atoms with E-state index in [0.717, 1.165) is 23.0 Å². The zero-order chi connectivity index (χ0) is 11.7. The number of nitrogens with zero attached hydrogens (tertiary/aromatic N) is 2. The van der Waals surface area contributed by atoms with Crippen LogP contribution in [-0.4, -0.2) is 20.9 Å². The third kappa shape index (κ3) is 1.65. The fourth-order valence-corrected chi connectivity index (χ4v) is 1.24. The Hall–Kier alpha value is -2.24. The van der Waals surface area contributed by atoms with Gasteiger partial charge in [0.1, 0.15) is 11.4 Å². The second kappa shape index (κ2) is 3.73. The van der Waals surface area contributed by atoms with Gasteiger partial charge in [-0.1, -0.05) is 0 Å². The van der Waals surface area contributed by atoms with Crippen molar-refractivity contribution in [3.8, 4) is 5.69 Å². The second-order valence-electron chi connectivity index (χ2n) is 3.04. The number of carboxylic acids is 1. The Labute approximate surface area is 88.7 Å². The highest BCUT2D eigenvalue weighted by molar-refractivity contribution is 5.87. The van der Waals surface area contributed by atoms with Gasteiger partial charge in [0, 0.05) is 0 Å². The molecule has 0 amide bonds. The molecule has 0 atom stereocenters. The smallest absolute Gasteiger partial charge is 0.342 e. The van der Waals surface area contributed by atoms with Crippen LogP contribution in [0.5, 0.6) is 0 Å². The van der Waals surface area contributed by atoms with E-state index in [9.17, 15) is 13.6 Å². The van der Waals surface area contributed by atoms with E-state index >= 15 is 0 Å². The Balaban J connectivity index is 2.49. The van der Waals surface area contributed by atoms with Crippen molar-refractivity contribution in [3.63, 3.8) is 0 Å². The lowest BCUT2D eigenvalue weighted by Crippen LogP contribution is -2.03. The van der Waals surface area contributed by atoms with E-state index in [0.29, 0.717) is 0 Å². The number of aromatic carboxylic acids is 1. The van der Waals surface area contributed by atoms with Gasteiger partial charge in [0.2, 0.25) is 5.95 Å². The van der Waals surface area contributed by atoms with Crippen LogP contribution in [0.1, 0.15) is 10.4 Å². The predicted molar refractivity (Wildman–Crippen MR) is 50.4 cm³/mol. The average Bonchev–Trinajstić information content (AvgIpc) is 2.61. The first kappa shape index (κ1) is 10.3. The minimum absolute atomic E-state index is 0.256. The van der Waals surface area contributed by atoms with Gasteiger partial charge in [-0.15, -0.1) is 0 Å². The normalized spacial score (nSPS) is 10.4. The molecule has 0 radical (unpaired) electrons. The van der Waals surface area contributed by atoms with Crippen molar-refractivity contribution in [2.24, 2.45) is 0 Å². The van der Waals surface area contributed by atoms with Gasteiger partial charge in [-0.3, -0.25) is 0 Å². The zero-order valence-corrected chi connectivity index (χ0v) is 7.89. The van der Waals surface area contributed by atoms with E-state index in [4.69, 9.17) is 5.11 Å². The molecule has 1 heterocycles. The van der Waals surface area contributed by atoms with Gasteiger partial charge in [0.15, 0.2) is 0 Å². The highest BCUT2D eigenvalue weighted by atomic mass is 19.1. The SMILES string of the molecule is O=C(O)c1cnn(-c2ccc(F)cc2)c1F. The number of hydrogen-bond acceptors (Lipinski definition) is 2. The molecule has 1 aromatic carbocycles. The van der Waals surface area contributed by atoms with Gasteiger partial charge >= 0.3 is 5.97 Å². The summed E-state index contributed by atoms with van der Waals surface area (Å²) < 4.78 is 26.9. The first-order valence-corrected chi connectivity index (χ1v) is 4.32. The van der Waals surface area contributed by atoms with E-state index in [1.807, 2.05) is 0 Å². The van der Waals surface area contributed by atoms with E-state index < -0.39 is 23.3 Å². The van der Waals surface area contributed by atoms with E-state index in [1.54, 1.807) is 0 Å². The third-order valence-corrected chi connectivity index (χ3v) is 2.01. The van der Waals surface area contributed by atoms with Crippen molar-refractivity contribution in [1.82, 2.24) is 9.78 Å². The summed E-state index contributed by atoms with van der Waals surface area (Å²) in [5, 5.41) is 12.2. The Morgan fingerprint density at radius 3 is 2.38 bits per heavy atom. The summed E-state index contributed by atoms with van der Waals surface area (Å²) in [6.45, 7) is 0. The lowest BCUT2D eigenvalue weighted by atomic mass is 10.3. The molecule has 0 saturated heterocycles. The summed E-state index contributed by atoms with van der Waals surface area (Å²) in [4.78, 5) is 10.6. The van der Waals surface area contributed by atoms with Crippen molar-refractivity contribution >= 4 is 5.97 Å². The lowest BCUT2D eigenvalue weighted by Gasteiger charge is -2.01. The van der Waals surface area contributed by atoms with Crippen molar-refractivity contribution < 1.29 is 18.7 Å². The summed E-state index contributed by atoms with van der Waals surface area (Å²) in [5.74, 6) is -2.85. The molecule has 1 N–H and O–H groups in total. The summed E-state index contributed by atoms with van der Waals surface area (Å²) in [7, 11) is 0. The molecule has 6 heteroatoms. The molecule has 0 aliphatic carbocycles. The van der Waals surface area contributed by atoms with Crippen LogP contribution in [0.15, 0.2) is 30.5 Å². The summed E-state index contributed by atoms with van der Waals surface area (Å²) >= 11 is 0. The minimum Gasteiger partial charge on any atom is -0.477 e. The number of rotatable bonds is 2. The van der Waals surface area contributed by atoms with Crippen LogP contribution in [0.25, 0.3) is 5.69 Å². The molecule has 0 fully saturated rings. The van der Waals surface area contributed by atoms with Crippen molar-refractivity contribution in [1.29, 1.82) is 0 Å². The van der Waals surface area contributed by atoms with Crippen LogP contribution < -0.4 is 0 Å². The Morgan fingerprint density at radius 2 is 1.88 bits per heavy atom. The third-order valence-electron chi connectivity index (χ3n) is 2.01. The second-order valence-corrected chi connectivity index (χ2v) is 3.04.